The second-order valence-electron chi connectivity index (χ2n) is 3.72. The summed E-state index contributed by atoms with van der Waals surface area (Å²) in [7, 11) is -2.88. The average Bonchev–Trinajstić information content (AvgIpc) is 2.16. The van der Waals surface area contributed by atoms with E-state index < -0.39 is 15.9 Å². The van der Waals surface area contributed by atoms with Gasteiger partial charge in [0.05, 0.1) is 11.9 Å². The molecule has 0 amide bonds. The number of hydrogen-bond acceptors (Lipinski definition) is 4. The fourth-order valence-electron chi connectivity index (χ4n) is 1.15. The van der Waals surface area contributed by atoms with Crippen molar-refractivity contribution in [1.82, 2.24) is 0 Å². The smallest absolute Gasteiger partial charge is 0.148 e. The van der Waals surface area contributed by atoms with Crippen molar-refractivity contribution in [2.45, 2.75) is 17.9 Å². The maximum absolute atomic E-state index is 10.9. The maximum Gasteiger partial charge on any atom is 0.148 e. The molecule has 1 aromatic rings. The first-order valence-corrected chi connectivity index (χ1v) is 8.01. The predicted molar refractivity (Wildman–Crippen MR) is 67.5 cm³/mol. The third-order valence-electron chi connectivity index (χ3n) is 2.09. The van der Waals surface area contributed by atoms with Gasteiger partial charge in [-0.1, -0.05) is 12.1 Å². The summed E-state index contributed by atoms with van der Waals surface area (Å²) in [5.74, 6) is 0.753. The van der Waals surface area contributed by atoms with Crippen LogP contribution in [0.1, 0.15) is 18.6 Å². The first kappa shape index (κ1) is 13.5. The van der Waals surface area contributed by atoms with Gasteiger partial charge in [-0.3, -0.25) is 0 Å². The average molecular weight is 260 g/mol. The number of hydrogen-bond donors (Lipinski definition) is 1. The number of aliphatic hydroxyl groups is 1. The second kappa shape index (κ2) is 5.70. The molecule has 0 aliphatic rings. The zero-order chi connectivity index (χ0) is 12.2. The van der Waals surface area contributed by atoms with Crippen LogP contribution in [-0.2, 0) is 9.84 Å². The number of sulfone groups is 1. The Labute approximate surface area is 101 Å². The number of rotatable bonds is 5. The molecule has 3 nitrogen and oxygen atoms in total. The fraction of sp³-hybridized carbons (Fsp3) is 0.455. The van der Waals surface area contributed by atoms with E-state index in [1.54, 1.807) is 6.92 Å². The van der Waals surface area contributed by atoms with Gasteiger partial charge in [-0.25, -0.2) is 8.42 Å². The Morgan fingerprint density at radius 1 is 1.31 bits per heavy atom. The van der Waals surface area contributed by atoms with Gasteiger partial charge in [0, 0.05) is 16.9 Å². The summed E-state index contributed by atoms with van der Waals surface area (Å²) in [4.78, 5) is 1.02. The lowest BCUT2D eigenvalue weighted by atomic mass is 10.1. The van der Waals surface area contributed by atoms with Crippen molar-refractivity contribution in [1.29, 1.82) is 0 Å². The molecule has 0 spiro atoms. The lowest BCUT2D eigenvalue weighted by Crippen LogP contribution is -2.04. The molecule has 1 atom stereocenters. The molecule has 16 heavy (non-hydrogen) atoms. The van der Waals surface area contributed by atoms with Gasteiger partial charge in [0.25, 0.3) is 0 Å². The van der Waals surface area contributed by atoms with Crippen LogP contribution in [0.25, 0.3) is 0 Å². The highest BCUT2D eigenvalue weighted by Crippen LogP contribution is 2.20. The van der Waals surface area contributed by atoms with Gasteiger partial charge in [-0.15, -0.1) is 11.8 Å². The quantitative estimate of drug-likeness (QED) is 0.821. The Bertz CT molecular complexity index is 421. The molecule has 5 heteroatoms. The third kappa shape index (κ3) is 5.01. The molecular formula is C11H16O3S2. The molecule has 0 saturated carbocycles. The number of benzene rings is 1. The standard InChI is InChI=1S/C11H16O3S2/c1-9(12)10-3-5-11(6-4-10)15-7-8-16(2,13)14/h3-6,9,12H,7-8H2,1-2H3/t9-/m0/s1. The van der Waals surface area contributed by atoms with Gasteiger partial charge < -0.3 is 5.11 Å². The molecule has 0 fully saturated rings. The lowest BCUT2D eigenvalue weighted by Gasteiger charge is -2.05. The van der Waals surface area contributed by atoms with Crippen LogP contribution >= 0.6 is 11.8 Å². The van der Waals surface area contributed by atoms with Crippen LogP contribution in [0.15, 0.2) is 29.2 Å². The van der Waals surface area contributed by atoms with Gasteiger partial charge in [-0.05, 0) is 24.6 Å². The SMILES string of the molecule is C[C@H](O)c1ccc(SCCS(C)(=O)=O)cc1. The summed E-state index contributed by atoms with van der Waals surface area (Å²) in [5, 5.41) is 9.31. The number of aliphatic hydroxyl groups excluding tert-OH is 1. The van der Waals surface area contributed by atoms with Crippen molar-refractivity contribution < 1.29 is 13.5 Å². The zero-order valence-electron chi connectivity index (χ0n) is 9.38. The zero-order valence-corrected chi connectivity index (χ0v) is 11.0. The molecule has 90 valence electrons. The monoisotopic (exact) mass is 260 g/mol. The van der Waals surface area contributed by atoms with Crippen molar-refractivity contribution >= 4 is 21.6 Å². The minimum absolute atomic E-state index is 0.190. The van der Waals surface area contributed by atoms with Crippen LogP contribution < -0.4 is 0 Å². The largest absolute Gasteiger partial charge is 0.389 e. The second-order valence-corrected chi connectivity index (χ2v) is 7.15. The van der Waals surface area contributed by atoms with Gasteiger partial charge >= 0.3 is 0 Å². The van der Waals surface area contributed by atoms with Crippen LogP contribution in [0.3, 0.4) is 0 Å². The Balaban J connectivity index is 2.50. The van der Waals surface area contributed by atoms with E-state index in [4.69, 9.17) is 0 Å². The van der Waals surface area contributed by atoms with Crippen LogP contribution in [0, 0.1) is 0 Å². The van der Waals surface area contributed by atoms with Gasteiger partial charge in [0.1, 0.15) is 9.84 Å². The topological polar surface area (TPSA) is 54.4 Å². The van der Waals surface area contributed by atoms with Crippen molar-refractivity contribution in [3.8, 4) is 0 Å². The molecule has 0 unspecified atom stereocenters. The Kier molecular flexibility index (Phi) is 4.83. The van der Waals surface area contributed by atoms with Crippen molar-refractivity contribution in [3.63, 3.8) is 0 Å². The minimum atomic E-state index is -2.88. The third-order valence-corrected chi connectivity index (χ3v) is 4.30. The number of thioether (sulfide) groups is 1. The van der Waals surface area contributed by atoms with Gasteiger partial charge in [-0.2, -0.15) is 0 Å². The molecule has 0 heterocycles. The maximum atomic E-state index is 10.9. The molecule has 0 saturated heterocycles. The first-order chi connectivity index (χ1) is 7.38. The highest BCUT2D eigenvalue weighted by molar-refractivity contribution is 8.00. The molecule has 0 aromatic heterocycles. The molecule has 0 radical (unpaired) electrons. The fourth-order valence-corrected chi connectivity index (χ4v) is 3.26. The van der Waals surface area contributed by atoms with Crippen LogP contribution in [-0.4, -0.2) is 31.3 Å². The highest BCUT2D eigenvalue weighted by Gasteiger charge is 2.03. The van der Waals surface area contributed by atoms with E-state index in [1.165, 1.54) is 18.0 Å². The van der Waals surface area contributed by atoms with E-state index in [0.717, 1.165) is 10.5 Å². The summed E-state index contributed by atoms with van der Waals surface area (Å²) in [6.45, 7) is 1.71. The van der Waals surface area contributed by atoms with Crippen molar-refractivity contribution in [2.75, 3.05) is 17.8 Å². The Hall–Kier alpha value is -0.520. The summed E-state index contributed by atoms with van der Waals surface area (Å²) in [6, 6.07) is 7.50. The normalized spacial score (nSPS) is 13.7. The van der Waals surface area contributed by atoms with E-state index in [2.05, 4.69) is 0 Å². The minimum Gasteiger partial charge on any atom is -0.389 e. The Morgan fingerprint density at radius 2 is 1.88 bits per heavy atom. The van der Waals surface area contributed by atoms with E-state index in [9.17, 15) is 13.5 Å². The van der Waals surface area contributed by atoms with E-state index in [-0.39, 0.29) is 5.75 Å². The van der Waals surface area contributed by atoms with Crippen LogP contribution in [0.2, 0.25) is 0 Å². The summed E-state index contributed by atoms with van der Waals surface area (Å²) >= 11 is 1.51. The molecule has 0 bridgehead atoms. The van der Waals surface area contributed by atoms with Crippen molar-refractivity contribution in [2.24, 2.45) is 0 Å². The molecule has 1 rings (SSSR count). The van der Waals surface area contributed by atoms with Crippen LogP contribution in [0.5, 0.6) is 0 Å². The van der Waals surface area contributed by atoms with E-state index in [0.29, 0.717) is 5.75 Å². The van der Waals surface area contributed by atoms with Crippen molar-refractivity contribution in [3.05, 3.63) is 29.8 Å². The Morgan fingerprint density at radius 3 is 2.31 bits per heavy atom. The summed E-state index contributed by atoms with van der Waals surface area (Å²) in [5.41, 5.74) is 0.868. The summed E-state index contributed by atoms with van der Waals surface area (Å²) < 4.78 is 21.8. The van der Waals surface area contributed by atoms with Gasteiger partial charge in [0.2, 0.25) is 0 Å². The molecular weight excluding hydrogens is 244 g/mol. The summed E-state index contributed by atoms with van der Waals surface area (Å²) in [6.07, 6.45) is 0.777. The van der Waals surface area contributed by atoms with E-state index in [1.807, 2.05) is 24.3 Å². The molecule has 1 N–H and O–H groups in total. The predicted octanol–water partition coefficient (Wildman–Crippen LogP) is 1.88. The molecule has 0 aliphatic heterocycles. The van der Waals surface area contributed by atoms with Gasteiger partial charge in [0.15, 0.2) is 0 Å². The highest BCUT2D eigenvalue weighted by atomic mass is 32.2. The molecule has 1 aromatic carbocycles. The molecule has 0 aliphatic carbocycles. The van der Waals surface area contributed by atoms with E-state index >= 15 is 0 Å². The van der Waals surface area contributed by atoms with Crippen LogP contribution in [0.4, 0.5) is 0 Å². The lowest BCUT2D eigenvalue weighted by molar-refractivity contribution is 0.199. The first-order valence-electron chi connectivity index (χ1n) is 4.97.